The fraction of sp³-hybridized carbons (Fsp3) is 0.296. The van der Waals surface area contributed by atoms with Gasteiger partial charge < -0.3 is 14.2 Å². The number of benzene rings is 2. The third-order valence-corrected chi connectivity index (χ3v) is 6.60. The van der Waals surface area contributed by atoms with Gasteiger partial charge in [0.2, 0.25) is 0 Å². The van der Waals surface area contributed by atoms with Gasteiger partial charge >= 0.3 is 0 Å². The summed E-state index contributed by atoms with van der Waals surface area (Å²) < 4.78 is 7.82. The summed E-state index contributed by atoms with van der Waals surface area (Å²) in [6.07, 6.45) is 4.04. The maximum atomic E-state index is 5.34. The second-order valence-corrected chi connectivity index (χ2v) is 8.33. The van der Waals surface area contributed by atoms with Crippen LogP contribution in [0.15, 0.2) is 60.8 Å². The topological polar surface area (TPSA) is 30.3 Å². The van der Waals surface area contributed by atoms with E-state index in [1.165, 1.54) is 38.9 Å². The molecule has 5 heteroatoms. The number of hydrogen-bond donors (Lipinski definition) is 0. The van der Waals surface area contributed by atoms with Gasteiger partial charge in [-0.05, 0) is 60.2 Å². The van der Waals surface area contributed by atoms with Gasteiger partial charge in [-0.3, -0.25) is 0 Å². The molecule has 0 amide bonds. The van der Waals surface area contributed by atoms with E-state index in [0.717, 1.165) is 44.0 Å². The van der Waals surface area contributed by atoms with Crippen LogP contribution in [0.3, 0.4) is 0 Å². The minimum Gasteiger partial charge on any atom is -0.497 e. The van der Waals surface area contributed by atoms with E-state index in [0.29, 0.717) is 0 Å². The van der Waals surface area contributed by atoms with E-state index in [4.69, 9.17) is 9.72 Å². The fourth-order valence-corrected chi connectivity index (χ4v) is 4.96. The maximum absolute atomic E-state index is 5.34. The van der Waals surface area contributed by atoms with Crippen molar-refractivity contribution in [2.45, 2.75) is 39.8 Å². The highest BCUT2D eigenvalue weighted by atomic mass is 35.5. The number of methoxy groups -OCH3 is 1. The first-order chi connectivity index (χ1) is 15.2. The maximum Gasteiger partial charge on any atom is 0.153 e. The molecule has 4 aromatic rings. The average molecular weight is 448 g/mol. The van der Waals surface area contributed by atoms with E-state index >= 15 is 0 Å². The quantitative estimate of drug-likeness (QED) is 0.378. The molecule has 5 rings (SSSR count). The Bertz CT molecular complexity index is 1230. The van der Waals surface area contributed by atoms with Crippen LogP contribution in [0.2, 0.25) is 0 Å². The zero-order valence-corrected chi connectivity index (χ0v) is 19.8. The van der Waals surface area contributed by atoms with E-state index in [2.05, 4.69) is 65.8 Å². The summed E-state index contributed by atoms with van der Waals surface area (Å²) in [7, 11) is 1.71. The number of aromatic nitrogens is 2. The first-order valence-electron chi connectivity index (χ1n) is 11.1. The lowest BCUT2D eigenvalue weighted by Gasteiger charge is -2.30. The van der Waals surface area contributed by atoms with Gasteiger partial charge in [0.1, 0.15) is 5.75 Å². The molecule has 0 saturated heterocycles. The van der Waals surface area contributed by atoms with Gasteiger partial charge in [-0.1, -0.05) is 43.3 Å². The summed E-state index contributed by atoms with van der Waals surface area (Å²) in [6.45, 7) is 7.24. The summed E-state index contributed by atoms with van der Waals surface area (Å²) >= 11 is 0. The van der Waals surface area contributed by atoms with Crippen LogP contribution in [-0.2, 0) is 25.9 Å². The van der Waals surface area contributed by atoms with Crippen LogP contribution < -0.4 is 9.64 Å². The molecule has 2 aromatic carbocycles. The number of fused-ring (bicyclic) bond motifs is 2. The molecule has 0 aliphatic carbocycles. The van der Waals surface area contributed by atoms with Crippen LogP contribution >= 0.6 is 12.4 Å². The number of aryl methyl sites for hydroxylation is 1. The van der Waals surface area contributed by atoms with E-state index in [1.807, 2.05) is 18.3 Å². The van der Waals surface area contributed by atoms with E-state index in [9.17, 15) is 0 Å². The lowest BCUT2D eigenvalue weighted by molar-refractivity contribution is 0.414. The SMILES string of the molecule is CCc1c(C)c2ccnc(N3CCc4ccccc4C3)c2n1Cc1ccc(OC)cc1.Cl. The van der Waals surface area contributed by atoms with Crippen molar-refractivity contribution in [1.82, 2.24) is 9.55 Å². The predicted molar refractivity (Wildman–Crippen MR) is 134 cm³/mol. The van der Waals surface area contributed by atoms with Crippen molar-refractivity contribution in [3.05, 3.63) is 88.7 Å². The zero-order chi connectivity index (χ0) is 21.4. The van der Waals surface area contributed by atoms with Crippen LogP contribution in [0.5, 0.6) is 5.75 Å². The summed E-state index contributed by atoms with van der Waals surface area (Å²) in [5, 5.41) is 1.31. The highest BCUT2D eigenvalue weighted by Gasteiger charge is 2.23. The van der Waals surface area contributed by atoms with Crippen LogP contribution in [0, 0.1) is 6.92 Å². The number of halogens is 1. The van der Waals surface area contributed by atoms with Crippen molar-refractivity contribution in [2.75, 3.05) is 18.6 Å². The molecule has 1 aliphatic rings. The number of rotatable bonds is 5. The Morgan fingerprint density at radius 1 is 1.00 bits per heavy atom. The van der Waals surface area contributed by atoms with E-state index in [-0.39, 0.29) is 12.4 Å². The number of ether oxygens (including phenoxy) is 1. The number of nitrogens with zero attached hydrogens (tertiary/aromatic N) is 3. The molecule has 3 heterocycles. The van der Waals surface area contributed by atoms with Gasteiger partial charge in [-0.2, -0.15) is 0 Å². The fourth-order valence-electron chi connectivity index (χ4n) is 4.96. The number of pyridine rings is 1. The first-order valence-corrected chi connectivity index (χ1v) is 11.1. The molecule has 2 aromatic heterocycles. The minimum absolute atomic E-state index is 0. The summed E-state index contributed by atoms with van der Waals surface area (Å²) in [6, 6.07) is 19.4. The van der Waals surface area contributed by atoms with Gasteiger partial charge in [-0.25, -0.2) is 4.98 Å². The second kappa shape index (κ2) is 9.25. The molecular formula is C27H30ClN3O. The molecule has 166 valence electrons. The van der Waals surface area contributed by atoms with Crippen LogP contribution in [-0.4, -0.2) is 23.2 Å². The number of hydrogen-bond acceptors (Lipinski definition) is 3. The summed E-state index contributed by atoms with van der Waals surface area (Å²) in [4.78, 5) is 7.36. The molecule has 0 saturated carbocycles. The zero-order valence-electron chi connectivity index (χ0n) is 19.0. The van der Waals surface area contributed by atoms with Gasteiger partial charge in [0.15, 0.2) is 5.82 Å². The Morgan fingerprint density at radius 3 is 2.47 bits per heavy atom. The van der Waals surface area contributed by atoms with Crippen molar-refractivity contribution < 1.29 is 4.74 Å². The highest BCUT2D eigenvalue weighted by molar-refractivity contribution is 5.93. The average Bonchev–Trinajstić information content (AvgIpc) is 3.10. The largest absolute Gasteiger partial charge is 0.497 e. The Labute approximate surface area is 196 Å². The van der Waals surface area contributed by atoms with Crippen LogP contribution in [0.25, 0.3) is 10.9 Å². The number of anilines is 1. The Hall–Kier alpha value is -2.98. The molecule has 0 N–H and O–H groups in total. The smallest absolute Gasteiger partial charge is 0.153 e. The second-order valence-electron chi connectivity index (χ2n) is 8.33. The van der Waals surface area contributed by atoms with Crippen LogP contribution in [0.1, 0.15) is 34.9 Å². The molecule has 32 heavy (non-hydrogen) atoms. The third-order valence-electron chi connectivity index (χ3n) is 6.60. The molecule has 0 atom stereocenters. The van der Waals surface area contributed by atoms with Gasteiger partial charge in [-0.15, -0.1) is 12.4 Å². The van der Waals surface area contributed by atoms with Crippen LogP contribution in [0.4, 0.5) is 5.82 Å². The van der Waals surface area contributed by atoms with Gasteiger partial charge in [0, 0.05) is 36.9 Å². The Balaban J connectivity index is 0.00000245. The van der Waals surface area contributed by atoms with Crippen molar-refractivity contribution in [3.63, 3.8) is 0 Å². The lowest BCUT2D eigenvalue weighted by Crippen LogP contribution is -2.31. The normalized spacial score (nSPS) is 13.0. The van der Waals surface area contributed by atoms with Crippen molar-refractivity contribution in [2.24, 2.45) is 0 Å². The van der Waals surface area contributed by atoms with E-state index in [1.54, 1.807) is 7.11 Å². The molecular weight excluding hydrogens is 418 g/mol. The molecule has 0 unspecified atom stereocenters. The molecule has 0 fully saturated rings. The molecule has 4 nitrogen and oxygen atoms in total. The van der Waals surface area contributed by atoms with Crippen molar-refractivity contribution >= 4 is 29.1 Å². The Morgan fingerprint density at radius 2 is 1.75 bits per heavy atom. The highest BCUT2D eigenvalue weighted by Crippen LogP contribution is 2.35. The first kappa shape index (κ1) is 22.2. The Kier molecular flexibility index (Phi) is 6.43. The predicted octanol–water partition coefficient (Wildman–Crippen LogP) is 5.95. The summed E-state index contributed by atoms with van der Waals surface area (Å²) in [5.74, 6) is 1.99. The van der Waals surface area contributed by atoms with Gasteiger partial charge in [0.05, 0.1) is 12.6 Å². The van der Waals surface area contributed by atoms with Gasteiger partial charge in [0.25, 0.3) is 0 Å². The third kappa shape index (κ3) is 3.84. The minimum atomic E-state index is 0. The monoisotopic (exact) mass is 447 g/mol. The standard InChI is InChI=1S/C27H29N3O.ClH/c1-4-25-19(2)24-13-15-28-27(29-16-14-21-7-5-6-8-22(21)18-29)26(24)30(25)17-20-9-11-23(31-3)12-10-20;/h5-13,15H,4,14,16-18H2,1-3H3;1H. The molecule has 1 aliphatic heterocycles. The van der Waals surface area contributed by atoms with Crippen molar-refractivity contribution in [3.8, 4) is 5.75 Å². The molecule has 0 spiro atoms. The molecule has 0 bridgehead atoms. The van der Waals surface area contributed by atoms with Crippen molar-refractivity contribution in [1.29, 1.82) is 0 Å². The molecule has 0 radical (unpaired) electrons. The summed E-state index contributed by atoms with van der Waals surface area (Å²) in [5.41, 5.74) is 8.15. The van der Waals surface area contributed by atoms with E-state index < -0.39 is 0 Å². The lowest BCUT2D eigenvalue weighted by atomic mass is 10.00.